The Bertz CT molecular complexity index is 424. The van der Waals surface area contributed by atoms with Crippen molar-refractivity contribution in [1.29, 1.82) is 0 Å². The highest BCUT2D eigenvalue weighted by atomic mass is 16.6. The fourth-order valence-electron chi connectivity index (χ4n) is 1.78. The lowest BCUT2D eigenvalue weighted by Gasteiger charge is -2.34. The topological polar surface area (TPSA) is 54.5 Å². The number of carbonyl (C=O) groups is 1. The molecule has 1 fully saturated rings. The van der Waals surface area contributed by atoms with Gasteiger partial charge in [-0.3, -0.25) is 4.90 Å². The quantitative estimate of drug-likeness (QED) is 0.905. The van der Waals surface area contributed by atoms with E-state index in [1.165, 1.54) is 0 Å². The average Bonchev–Trinajstić information content (AvgIpc) is 2.26. The predicted octanol–water partition coefficient (Wildman–Crippen LogP) is 1.99. The Balaban J connectivity index is 2.11. The summed E-state index contributed by atoms with van der Waals surface area (Å²) in [5.74, 6) is 0.599. The summed E-state index contributed by atoms with van der Waals surface area (Å²) in [7, 11) is 0. The third kappa shape index (κ3) is 3.92. The van der Waals surface area contributed by atoms with Gasteiger partial charge in [0.2, 0.25) is 0 Å². The third-order valence-electron chi connectivity index (χ3n) is 2.82. The van der Waals surface area contributed by atoms with Crippen LogP contribution in [0.2, 0.25) is 0 Å². The Morgan fingerprint density at radius 1 is 1.63 bits per heavy atom. The zero-order chi connectivity index (χ0) is 13.9. The second kappa shape index (κ2) is 5.57. The van der Waals surface area contributed by atoms with Crippen LogP contribution in [0.15, 0.2) is 18.3 Å². The highest BCUT2D eigenvalue weighted by molar-refractivity contribution is 5.86. The van der Waals surface area contributed by atoms with Crippen molar-refractivity contribution in [3.8, 4) is 0 Å². The van der Waals surface area contributed by atoms with Crippen LogP contribution in [0.1, 0.15) is 27.2 Å². The molecule has 5 nitrogen and oxygen atoms in total. The SMILES string of the molecule is CC(C)(C)OC(=O)N(CC1CCN1)c1cc[c]cn1. The molecule has 1 saturated heterocycles. The Kier molecular flexibility index (Phi) is 4.04. The molecule has 103 valence electrons. The molecule has 2 rings (SSSR count). The summed E-state index contributed by atoms with van der Waals surface area (Å²) in [4.78, 5) is 18.0. The molecule has 0 spiro atoms. The molecule has 1 N–H and O–H groups in total. The first-order chi connectivity index (χ1) is 8.96. The van der Waals surface area contributed by atoms with E-state index in [9.17, 15) is 4.79 Å². The lowest BCUT2D eigenvalue weighted by molar-refractivity contribution is 0.0572. The minimum atomic E-state index is -0.511. The molecular weight excluding hydrogens is 242 g/mol. The van der Waals surface area contributed by atoms with Gasteiger partial charge in [-0.2, -0.15) is 0 Å². The lowest BCUT2D eigenvalue weighted by Crippen LogP contribution is -2.52. The molecule has 1 unspecified atom stereocenters. The number of hydrogen-bond donors (Lipinski definition) is 1. The molecule has 0 aliphatic carbocycles. The van der Waals surface area contributed by atoms with Gasteiger partial charge in [0.15, 0.2) is 0 Å². The number of pyridine rings is 1. The van der Waals surface area contributed by atoms with Gasteiger partial charge in [-0.25, -0.2) is 9.78 Å². The van der Waals surface area contributed by atoms with Crippen molar-refractivity contribution in [2.75, 3.05) is 18.0 Å². The molecule has 1 radical (unpaired) electrons. The van der Waals surface area contributed by atoms with Crippen LogP contribution in [0.4, 0.5) is 10.6 Å². The molecule has 1 aliphatic rings. The van der Waals surface area contributed by atoms with Gasteiger partial charge in [-0.1, -0.05) is 0 Å². The Hall–Kier alpha value is -1.62. The summed E-state index contributed by atoms with van der Waals surface area (Å²) in [5.41, 5.74) is -0.511. The standard InChI is InChI=1S/C14H20N3O2/c1-14(2,3)19-13(18)17(10-11-7-9-15-11)12-6-4-5-8-16-12/h4,6,8,11,15H,7,9-10H2,1-3H3. The largest absolute Gasteiger partial charge is 0.443 e. The van der Waals surface area contributed by atoms with Gasteiger partial charge in [-0.15, -0.1) is 0 Å². The first-order valence-electron chi connectivity index (χ1n) is 6.52. The second-order valence-electron chi connectivity index (χ2n) is 5.65. The summed E-state index contributed by atoms with van der Waals surface area (Å²) in [6.07, 6.45) is 2.26. The van der Waals surface area contributed by atoms with Crippen molar-refractivity contribution in [2.24, 2.45) is 0 Å². The van der Waals surface area contributed by atoms with E-state index >= 15 is 0 Å². The Morgan fingerprint density at radius 3 is 2.84 bits per heavy atom. The Labute approximate surface area is 114 Å². The van der Waals surface area contributed by atoms with E-state index in [-0.39, 0.29) is 6.09 Å². The van der Waals surface area contributed by atoms with Crippen molar-refractivity contribution in [3.63, 3.8) is 0 Å². The molecule has 0 bridgehead atoms. The molecule has 1 aromatic heterocycles. The summed E-state index contributed by atoms with van der Waals surface area (Å²) >= 11 is 0. The second-order valence-corrected chi connectivity index (χ2v) is 5.65. The average molecular weight is 262 g/mol. The van der Waals surface area contributed by atoms with Crippen molar-refractivity contribution >= 4 is 11.9 Å². The summed E-state index contributed by atoms with van der Waals surface area (Å²) < 4.78 is 5.43. The minimum Gasteiger partial charge on any atom is -0.443 e. The maximum absolute atomic E-state index is 12.3. The van der Waals surface area contributed by atoms with E-state index in [1.807, 2.05) is 20.8 Å². The van der Waals surface area contributed by atoms with Crippen LogP contribution in [-0.2, 0) is 4.74 Å². The van der Waals surface area contributed by atoms with Crippen molar-refractivity contribution < 1.29 is 9.53 Å². The van der Waals surface area contributed by atoms with Crippen LogP contribution in [0.5, 0.6) is 0 Å². The number of rotatable bonds is 3. The first kappa shape index (κ1) is 13.8. The van der Waals surface area contributed by atoms with Gasteiger partial charge in [0.25, 0.3) is 0 Å². The van der Waals surface area contributed by atoms with Gasteiger partial charge < -0.3 is 10.1 Å². The van der Waals surface area contributed by atoms with Crippen LogP contribution >= 0.6 is 0 Å². The van der Waals surface area contributed by atoms with Crippen LogP contribution in [0.25, 0.3) is 0 Å². The molecule has 1 aromatic rings. The van der Waals surface area contributed by atoms with Gasteiger partial charge in [-0.05, 0) is 45.9 Å². The summed E-state index contributed by atoms with van der Waals surface area (Å²) in [6, 6.07) is 6.68. The number of anilines is 1. The van der Waals surface area contributed by atoms with Crippen LogP contribution in [-0.4, -0.2) is 35.8 Å². The number of aromatic nitrogens is 1. The number of nitrogens with zero attached hydrogens (tertiary/aromatic N) is 2. The molecule has 1 aliphatic heterocycles. The molecular formula is C14H20N3O2. The molecule has 1 atom stereocenters. The highest BCUT2D eigenvalue weighted by Gasteiger charge is 2.28. The number of hydrogen-bond acceptors (Lipinski definition) is 4. The van der Waals surface area contributed by atoms with Crippen LogP contribution in [0, 0.1) is 6.07 Å². The zero-order valence-electron chi connectivity index (χ0n) is 11.6. The van der Waals surface area contributed by atoms with E-state index in [0.717, 1.165) is 13.0 Å². The maximum atomic E-state index is 12.3. The normalized spacial score (nSPS) is 18.6. The van der Waals surface area contributed by atoms with E-state index < -0.39 is 5.60 Å². The summed E-state index contributed by atoms with van der Waals surface area (Å²) in [5, 5.41) is 3.28. The van der Waals surface area contributed by atoms with E-state index in [4.69, 9.17) is 4.74 Å². The van der Waals surface area contributed by atoms with E-state index in [2.05, 4.69) is 16.4 Å². The lowest BCUT2D eigenvalue weighted by atomic mass is 10.1. The van der Waals surface area contributed by atoms with E-state index in [0.29, 0.717) is 18.4 Å². The number of amides is 1. The molecule has 0 aromatic carbocycles. The zero-order valence-corrected chi connectivity index (χ0v) is 11.6. The van der Waals surface area contributed by atoms with Gasteiger partial charge in [0.05, 0.1) is 0 Å². The van der Waals surface area contributed by atoms with Crippen molar-refractivity contribution in [2.45, 2.75) is 38.8 Å². The molecule has 5 heteroatoms. The van der Waals surface area contributed by atoms with Crippen molar-refractivity contribution in [1.82, 2.24) is 10.3 Å². The number of carbonyl (C=O) groups excluding carboxylic acids is 1. The number of ether oxygens (including phenoxy) is 1. The highest BCUT2D eigenvalue weighted by Crippen LogP contribution is 2.17. The Morgan fingerprint density at radius 2 is 2.37 bits per heavy atom. The van der Waals surface area contributed by atoms with Crippen LogP contribution in [0.3, 0.4) is 0 Å². The maximum Gasteiger partial charge on any atom is 0.416 e. The minimum absolute atomic E-state index is 0.318. The third-order valence-corrected chi connectivity index (χ3v) is 2.82. The molecule has 0 saturated carbocycles. The van der Waals surface area contributed by atoms with Gasteiger partial charge >= 0.3 is 6.09 Å². The monoisotopic (exact) mass is 262 g/mol. The predicted molar refractivity (Wildman–Crippen MR) is 73.1 cm³/mol. The fraction of sp³-hybridized carbons (Fsp3) is 0.571. The molecule has 2 heterocycles. The fourth-order valence-corrected chi connectivity index (χ4v) is 1.78. The van der Waals surface area contributed by atoms with Gasteiger partial charge in [0, 0.05) is 24.8 Å². The van der Waals surface area contributed by atoms with E-state index in [1.54, 1.807) is 23.2 Å². The summed E-state index contributed by atoms with van der Waals surface area (Å²) in [6.45, 7) is 7.15. The van der Waals surface area contributed by atoms with Crippen molar-refractivity contribution in [3.05, 3.63) is 24.4 Å². The van der Waals surface area contributed by atoms with Gasteiger partial charge in [0.1, 0.15) is 11.4 Å². The number of nitrogens with one attached hydrogen (secondary N) is 1. The molecule has 19 heavy (non-hydrogen) atoms. The van der Waals surface area contributed by atoms with Crippen LogP contribution < -0.4 is 10.2 Å². The molecule has 1 amide bonds. The smallest absolute Gasteiger partial charge is 0.416 e. The first-order valence-corrected chi connectivity index (χ1v) is 6.52.